The van der Waals surface area contributed by atoms with E-state index in [1.807, 2.05) is 0 Å². The first-order chi connectivity index (χ1) is 12.6. The van der Waals surface area contributed by atoms with Crippen LogP contribution in [0.15, 0.2) is 29.3 Å². The Labute approximate surface area is 159 Å². The van der Waals surface area contributed by atoms with Crippen LogP contribution in [0.2, 0.25) is 0 Å². The van der Waals surface area contributed by atoms with E-state index in [1.54, 1.807) is 0 Å². The molecule has 26 heavy (non-hydrogen) atoms. The third-order valence-electron chi connectivity index (χ3n) is 4.47. The van der Waals surface area contributed by atoms with Crippen LogP contribution >= 0.6 is 0 Å². The van der Waals surface area contributed by atoms with Gasteiger partial charge in [-0.3, -0.25) is 4.99 Å². The first-order valence-electron chi connectivity index (χ1n) is 10.00. The number of guanidine groups is 1. The molecule has 0 aliphatic rings. The number of hydrogen-bond acceptors (Lipinski definition) is 3. The summed E-state index contributed by atoms with van der Waals surface area (Å²) in [4.78, 5) is 6.82. The van der Waals surface area contributed by atoms with Crippen molar-refractivity contribution in [2.24, 2.45) is 10.9 Å². The van der Waals surface area contributed by atoms with Crippen LogP contribution < -0.4 is 15.5 Å². The molecule has 1 aromatic carbocycles. The van der Waals surface area contributed by atoms with E-state index in [1.165, 1.54) is 11.3 Å². The van der Waals surface area contributed by atoms with Crippen LogP contribution in [0, 0.1) is 5.92 Å². The van der Waals surface area contributed by atoms with Gasteiger partial charge in [0.15, 0.2) is 5.96 Å². The Bertz CT molecular complexity index is 493. The van der Waals surface area contributed by atoms with Gasteiger partial charge in [0.1, 0.15) is 0 Å². The van der Waals surface area contributed by atoms with Crippen LogP contribution in [0.3, 0.4) is 0 Å². The average molecular weight is 363 g/mol. The van der Waals surface area contributed by atoms with E-state index in [9.17, 15) is 5.11 Å². The Balaban J connectivity index is 2.41. The predicted molar refractivity (Wildman–Crippen MR) is 113 cm³/mol. The minimum absolute atomic E-state index is 0.247. The van der Waals surface area contributed by atoms with Crippen LogP contribution in [-0.2, 0) is 6.42 Å². The van der Waals surface area contributed by atoms with Gasteiger partial charge in [-0.15, -0.1) is 0 Å². The molecule has 0 spiro atoms. The number of nitrogens with one attached hydrogen (secondary N) is 2. The van der Waals surface area contributed by atoms with Gasteiger partial charge in [-0.2, -0.15) is 0 Å². The van der Waals surface area contributed by atoms with Crippen LogP contribution in [0.4, 0.5) is 5.69 Å². The first-order valence-corrected chi connectivity index (χ1v) is 10.00. The molecule has 0 radical (unpaired) electrons. The summed E-state index contributed by atoms with van der Waals surface area (Å²) >= 11 is 0. The van der Waals surface area contributed by atoms with Gasteiger partial charge in [-0.1, -0.05) is 25.5 Å². The number of nitrogens with zero attached hydrogens (tertiary/aromatic N) is 2. The van der Waals surface area contributed by atoms with Gasteiger partial charge in [0.05, 0.1) is 0 Å². The van der Waals surface area contributed by atoms with E-state index in [2.05, 4.69) is 67.7 Å². The molecule has 0 aromatic heterocycles. The molecule has 0 fully saturated rings. The van der Waals surface area contributed by atoms with Gasteiger partial charge < -0.3 is 20.6 Å². The van der Waals surface area contributed by atoms with Gasteiger partial charge in [0, 0.05) is 46.0 Å². The van der Waals surface area contributed by atoms with E-state index >= 15 is 0 Å². The number of benzene rings is 1. The quantitative estimate of drug-likeness (QED) is 0.304. The highest BCUT2D eigenvalue weighted by Gasteiger charge is 2.07. The second-order valence-corrected chi connectivity index (χ2v) is 6.98. The predicted octanol–water partition coefficient (Wildman–Crippen LogP) is 3.04. The molecule has 0 bridgehead atoms. The van der Waals surface area contributed by atoms with Gasteiger partial charge in [-0.25, -0.2) is 0 Å². The smallest absolute Gasteiger partial charge is 0.191 e. The van der Waals surface area contributed by atoms with Gasteiger partial charge in [-0.05, 0) is 56.2 Å². The first kappa shape index (κ1) is 22.3. The Morgan fingerprint density at radius 3 is 2.42 bits per heavy atom. The second kappa shape index (κ2) is 13.5. The largest absolute Gasteiger partial charge is 0.396 e. The minimum atomic E-state index is 0.247. The van der Waals surface area contributed by atoms with E-state index < -0.39 is 0 Å². The van der Waals surface area contributed by atoms with Crippen molar-refractivity contribution in [2.45, 2.75) is 46.0 Å². The number of rotatable bonds is 12. The summed E-state index contributed by atoms with van der Waals surface area (Å²) in [7, 11) is 4.12. The summed E-state index contributed by atoms with van der Waals surface area (Å²) in [5.74, 6) is 1.35. The summed E-state index contributed by atoms with van der Waals surface area (Å²) < 4.78 is 0. The molecule has 148 valence electrons. The molecular weight excluding hydrogens is 324 g/mol. The molecule has 5 nitrogen and oxygen atoms in total. The lowest BCUT2D eigenvalue weighted by molar-refractivity contribution is 0.253. The Morgan fingerprint density at radius 1 is 1.12 bits per heavy atom. The molecule has 0 aliphatic carbocycles. The highest BCUT2D eigenvalue weighted by molar-refractivity contribution is 5.79. The third kappa shape index (κ3) is 9.09. The molecule has 0 aliphatic heterocycles. The Hall–Kier alpha value is -1.75. The molecule has 0 amide bonds. The topological polar surface area (TPSA) is 59.9 Å². The number of anilines is 1. The summed E-state index contributed by atoms with van der Waals surface area (Å²) in [5, 5.41) is 15.9. The van der Waals surface area contributed by atoms with Crippen molar-refractivity contribution < 1.29 is 5.11 Å². The number of hydrogen-bond donors (Lipinski definition) is 3. The SMILES string of the molecule is CCCC(CCO)CN=C(NCC)NCCCc1ccc(N(C)C)cc1. The zero-order valence-corrected chi connectivity index (χ0v) is 17.1. The average Bonchev–Trinajstić information content (AvgIpc) is 2.63. The van der Waals surface area contributed by atoms with Gasteiger partial charge in [0.25, 0.3) is 0 Å². The number of aryl methyl sites for hydroxylation is 1. The molecule has 0 heterocycles. The van der Waals surface area contributed by atoms with Crippen molar-refractivity contribution in [1.29, 1.82) is 0 Å². The van der Waals surface area contributed by atoms with Crippen LogP contribution in [0.1, 0.15) is 45.1 Å². The van der Waals surface area contributed by atoms with Crippen molar-refractivity contribution in [3.63, 3.8) is 0 Å². The summed E-state index contributed by atoms with van der Waals surface area (Å²) in [6, 6.07) is 8.75. The van der Waals surface area contributed by atoms with Crippen molar-refractivity contribution >= 4 is 11.6 Å². The van der Waals surface area contributed by atoms with Gasteiger partial charge in [0.2, 0.25) is 0 Å². The highest BCUT2D eigenvalue weighted by atomic mass is 16.3. The fourth-order valence-corrected chi connectivity index (χ4v) is 2.94. The summed E-state index contributed by atoms with van der Waals surface area (Å²) in [6.07, 6.45) is 5.21. The third-order valence-corrected chi connectivity index (χ3v) is 4.47. The molecule has 1 atom stereocenters. The monoisotopic (exact) mass is 362 g/mol. The maximum Gasteiger partial charge on any atom is 0.191 e. The van der Waals surface area contributed by atoms with E-state index in [0.717, 1.165) is 57.7 Å². The zero-order chi connectivity index (χ0) is 19.2. The lowest BCUT2D eigenvalue weighted by Gasteiger charge is -2.15. The minimum Gasteiger partial charge on any atom is -0.396 e. The maximum absolute atomic E-state index is 9.18. The molecule has 3 N–H and O–H groups in total. The number of aliphatic hydroxyl groups excluding tert-OH is 1. The van der Waals surface area contributed by atoms with Crippen molar-refractivity contribution in [2.75, 3.05) is 45.2 Å². The fourth-order valence-electron chi connectivity index (χ4n) is 2.94. The highest BCUT2D eigenvalue weighted by Crippen LogP contribution is 2.13. The molecule has 0 saturated carbocycles. The normalized spacial score (nSPS) is 12.7. The lowest BCUT2D eigenvalue weighted by atomic mass is 10.0. The van der Waals surface area contributed by atoms with Crippen LogP contribution in [0.5, 0.6) is 0 Å². The molecule has 1 unspecified atom stereocenters. The fraction of sp³-hybridized carbons (Fsp3) is 0.667. The van der Waals surface area contributed by atoms with Crippen molar-refractivity contribution in [3.8, 4) is 0 Å². The van der Waals surface area contributed by atoms with E-state index in [4.69, 9.17) is 4.99 Å². The molecular formula is C21H38N4O. The molecule has 0 saturated heterocycles. The molecule has 5 heteroatoms. The second-order valence-electron chi connectivity index (χ2n) is 6.98. The summed E-state index contributed by atoms with van der Waals surface area (Å²) in [5.41, 5.74) is 2.60. The van der Waals surface area contributed by atoms with E-state index in [0.29, 0.717) is 5.92 Å². The maximum atomic E-state index is 9.18. The van der Waals surface area contributed by atoms with Crippen LogP contribution in [-0.4, -0.2) is 51.4 Å². The van der Waals surface area contributed by atoms with Crippen molar-refractivity contribution in [1.82, 2.24) is 10.6 Å². The van der Waals surface area contributed by atoms with Crippen molar-refractivity contribution in [3.05, 3.63) is 29.8 Å². The van der Waals surface area contributed by atoms with Crippen LogP contribution in [0.25, 0.3) is 0 Å². The number of aliphatic hydroxyl groups is 1. The summed E-state index contributed by atoms with van der Waals surface area (Å²) in [6.45, 7) is 7.05. The standard InChI is InChI=1S/C21H38N4O/c1-5-8-19(14-16-26)17-24-21(22-6-2)23-15-7-9-18-10-12-20(13-11-18)25(3)4/h10-13,19,26H,5-9,14-17H2,1-4H3,(H2,22,23,24). The Kier molecular flexibility index (Phi) is 11.5. The molecule has 1 rings (SSSR count). The van der Waals surface area contributed by atoms with Gasteiger partial charge >= 0.3 is 0 Å². The Morgan fingerprint density at radius 2 is 1.85 bits per heavy atom. The number of aliphatic imine (C=N–C) groups is 1. The molecule has 1 aromatic rings. The van der Waals surface area contributed by atoms with E-state index in [-0.39, 0.29) is 6.61 Å². The zero-order valence-electron chi connectivity index (χ0n) is 17.1. The lowest BCUT2D eigenvalue weighted by Crippen LogP contribution is -2.38.